The average molecular weight is 182 g/mol. The van der Waals surface area contributed by atoms with Gasteiger partial charge in [-0.2, -0.15) is 0 Å². The number of anilines is 1. The molecule has 1 amide bonds. The lowest BCUT2D eigenvalue weighted by atomic mass is 10.1. The molecular weight excluding hydrogens is 172 g/mol. The standard InChI is InChI=1S/C8H10N2O3/c1-3-2-4(11)5(8(10)13)7(12)6(3)9/h2,11-12H,9H2,1H3,(H2,10,13). The van der Waals surface area contributed by atoms with Crippen LogP contribution in [-0.2, 0) is 0 Å². The molecule has 13 heavy (non-hydrogen) atoms. The smallest absolute Gasteiger partial charge is 0.256 e. The molecule has 1 aromatic carbocycles. The summed E-state index contributed by atoms with van der Waals surface area (Å²) >= 11 is 0. The van der Waals surface area contributed by atoms with Gasteiger partial charge in [0.05, 0.1) is 5.69 Å². The molecule has 1 rings (SSSR count). The first kappa shape index (κ1) is 9.18. The van der Waals surface area contributed by atoms with E-state index < -0.39 is 11.7 Å². The number of primary amides is 1. The van der Waals surface area contributed by atoms with Crippen molar-refractivity contribution in [2.24, 2.45) is 5.73 Å². The van der Waals surface area contributed by atoms with E-state index in [2.05, 4.69) is 0 Å². The van der Waals surface area contributed by atoms with E-state index >= 15 is 0 Å². The van der Waals surface area contributed by atoms with Gasteiger partial charge in [-0.05, 0) is 18.6 Å². The summed E-state index contributed by atoms with van der Waals surface area (Å²) in [4.78, 5) is 10.8. The number of aryl methyl sites for hydroxylation is 1. The van der Waals surface area contributed by atoms with E-state index in [0.717, 1.165) is 0 Å². The maximum atomic E-state index is 10.8. The third kappa shape index (κ3) is 1.35. The second-order valence-electron chi connectivity index (χ2n) is 2.71. The van der Waals surface area contributed by atoms with Gasteiger partial charge in [-0.1, -0.05) is 0 Å². The molecule has 0 fully saturated rings. The van der Waals surface area contributed by atoms with Crippen LogP contribution in [0.4, 0.5) is 5.69 Å². The van der Waals surface area contributed by atoms with E-state index in [1.54, 1.807) is 6.92 Å². The van der Waals surface area contributed by atoms with Crippen LogP contribution in [0.5, 0.6) is 11.5 Å². The minimum absolute atomic E-state index is 0.0478. The van der Waals surface area contributed by atoms with E-state index in [1.165, 1.54) is 6.07 Å². The van der Waals surface area contributed by atoms with Crippen molar-refractivity contribution in [3.63, 3.8) is 0 Å². The molecule has 0 aliphatic heterocycles. The summed E-state index contributed by atoms with van der Waals surface area (Å²) in [6.07, 6.45) is 0. The van der Waals surface area contributed by atoms with Crippen molar-refractivity contribution >= 4 is 11.6 Å². The maximum Gasteiger partial charge on any atom is 0.256 e. The Morgan fingerprint density at radius 3 is 2.46 bits per heavy atom. The normalized spacial score (nSPS) is 9.92. The first-order chi connectivity index (χ1) is 5.95. The van der Waals surface area contributed by atoms with Crippen molar-refractivity contribution in [3.05, 3.63) is 17.2 Å². The largest absolute Gasteiger partial charge is 0.507 e. The van der Waals surface area contributed by atoms with Gasteiger partial charge in [0, 0.05) is 0 Å². The molecular formula is C8H10N2O3. The Balaban J connectivity index is 3.53. The zero-order valence-electron chi connectivity index (χ0n) is 7.03. The van der Waals surface area contributed by atoms with Gasteiger partial charge in [0.15, 0.2) is 5.75 Å². The lowest BCUT2D eigenvalue weighted by Gasteiger charge is -2.08. The zero-order chi connectivity index (χ0) is 10.2. The van der Waals surface area contributed by atoms with Gasteiger partial charge < -0.3 is 21.7 Å². The van der Waals surface area contributed by atoms with Crippen molar-refractivity contribution in [2.45, 2.75) is 6.92 Å². The Bertz CT molecular complexity index is 374. The van der Waals surface area contributed by atoms with Crippen LogP contribution in [0.15, 0.2) is 6.07 Å². The molecule has 0 bridgehead atoms. The van der Waals surface area contributed by atoms with Crippen molar-refractivity contribution in [1.29, 1.82) is 0 Å². The molecule has 6 N–H and O–H groups in total. The molecule has 0 aromatic heterocycles. The lowest BCUT2D eigenvalue weighted by Crippen LogP contribution is -2.12. The number of rotatable bonds is 1. The molecule has 70 valence electrons. The third-order valence-electron chi connectivity index (χ3n) is 1.77. The van der Waals surface area contributed by atoms with Crippen molar-refractivity contribution in [1.82, 2.24) is 0 Å². The van der Waals surface area contributed by atoms with E-state index in [0.29, 0.717) is 5.56 Å². The topological polar surface area (TPSA) is 110 Å². The van der Waals surface area contributed by atoms with Gasteiger partial charge >= 0.3 is 0 Å². The molecule has 5 nitrogen and oxygen atoms in total. The summed E-state index contributed by atoms with van der Waals surface area (Å²) in [6.45, 7) is 1.60. The summed E-state index contributed by atoms with van der Waals surface area (Å²) < 4.78 is 0. The summed E-state index contributed by atoms with van der Waals surface area (Å²) in [6, 6.07) is 1.27. The van der Waals surface area contributed by atoms with E-state index in [9.17, 15) is 15.0 Å². The number of nitrogens with two attached hydrogens (primary N) is 2. The Morgan fingerprint density at radius 1 is 1.46 bits per heavy atom. The van der Waals surface area contributed by atoms with Crippen LogP contribution in [0.3, 0.4) is 0 Å². The molecule has 0 spiro atoms. The molecule has 0 unspecified atom stereocenters. The quantitative estimate of drug-likeness (QED) is 0.280. The molecule has 0 aliphatic rings. The van der Waals surface area contributed by atoms with Crippen LogP contribution in [0.25, 0.3) is 0 Å². The van der Waals surface area contributed by atoms with Gasteiger partial charge in [0.25, 0.3) is 5.91 Å². The van der Waals surface area contributed by atoms with Gasteiger partial charge in [0.1, 0.15) is 11.3 Å². The van der Waals surface area contributed by atoms with Crippen LogP contribution in [-0.4, -0.2) is 16.1 Å². The first-order valence-corrected chi connectivity index (χ1v) is 3.56. The number of amides is 1. The number of aromatic hydroxyl groups is 2. The maximum absolute atomic E-state index is 10.8. The van der Waals surface area contributed by atoms with Crippen molar-refractivity contribution in [2.75, 3.05) is 5.73 Å². The van der Waals surface area contributed by atoms with E-state index in [1.807, 2.05) is 0 Å². The molecule has 0 saturated carbocycles. The number of phenols is 2. The van der Waals surface area contributed by atoms with Crippen LogP contribution < -0.4 is 11.5 Å². The Morgan fingerprint density at radius 2 is 2.00 bits per heavy atom. The number of hydrogen-bond donors (Lipinski definition) is 4. The zero-order valence-corrected chi connectivity index (χ0v) is 7.03. The predicted octanol–water partition coefficient (Wildman–Crippen LogP) is 0.0873. The van der Waals surface area contributed by atoms with Crippen molar-refractivity contribution < 1.29 is 15.0 Å². The molecule has 0 saturated heterocycles. The highest BCUT2D eigenvalue weighted by atomic mass is 16.3. The molecule has 0 heterocycles. The van der Waals surface area contributed by atoms with Crippen LogP contribution in [0.2, 0.25) is 0 Å². The summed E-state index contributed by atoms with van der Waals surface area (Å²) in [5.41, 5.74) is 10.5. The number of carbonyl (C=O) groups excluding carboxylic acids is 1. The summed E-state index contributed by atoms with van der Waals surface area (Å²) in [5, 5.41) is 18.6. The molecule has 5 heteroatoms. The monoisotopic (exact) mass is 182 g/mol. The predicted molar refractivity (Wildman–Crippen MR) is 47.4 cm³/mol. The second-order valence-corrected chi connectivity index (χ2v) is 2.71. The fraction of sp³-hybridized carbons (Fsp3) is 0.125. The van der Waals surface area contributed by atoms with Gasteiger partial charge in [0.2, 0.25) is 0 Å². The average Bonchev–Trinajstić information content (AvgIpc) is 1.99. The van der Waals surface area contributed by atoms with Crippen LogP contribution in [0, 0.1) is 6.92 Å². The SMILES string of the molecule is Cc1cc(O)c(C(N)=O)c(O)c1N. The number of benzene rings is 1. The number of nitrogen functional groups attached to an aromatic ring is 1. The number of hydrogen-bond acceptors (Lipinski definition) is 4. The second kappa shape index (κ2) is 2.85. The number of carbonyl (C=O) groups is 1. The minimum Gasteiger partial charge on any atom is -0.507 e. The van der Waals surface area contributed by atoms with E-state index in [4.69, 9.17) is 11.5 Å². The first-order valence-electron chi connectivity index (χ1n) is 3.56. The van der Waals surface area contributed by atoms with Gasteiger partial charge in [-0.25, -0.2) is 0 Å². The fourth-order valence-electron chi connectivity index (χ4n) is 1.04. The van der Waals surface area contributed by atoms with Crippen molar-refractivity contribution in [3.8, 4) is 11.5 Å². The van der Waals surface area contributed by atoms with Crippen LogP contribution >= 0.6 is 0 Å². The van der Waals surface area contributed by atoms with Crippen LogP contribution in [0.1, 0.15) is 15.9 Å². The molecule has 0 aliphatic carbocycles. The van der Waals surface area contributed by atoms with Gasteiger partial charge in [-0.15, -0.1) is 0 Å². The Hall–Kier alpha value is -1.91. The fourth-order valence-corrected chi connectivity index (χ4v) is 1.04. The highest BCUT2D eigenvalue weighted by Crippen LogP contribution is 2.34. The summed E-state index contributed by atoms with van der Waals surface area (Å²) in [7, 11) is 0. The molecule has 1 aromatic rings. The summed E-state index contributed by atoms with van der Waals surface area (Å²) in [5.74, 6) is -1.75. The third-order valence-corrected chi connectivity index (χ3v) is 1.77. The molecule has 0 atom stereocenters. The minimum atomic E-state index is -0.915. The highest BCUT2D eigenvalue weighted by molar-refractivity contribution is 6.00. The van der Waals surface area contributed by atoms with E-state index in [-0.39, 0.29) is 17.0 Å². The Kier molecular flexibility index (Phi) is 2.02. The molecule has 0 radical (unpaired) electrons. The lowest BCUT2D eigenvalue weighted by molar-refractivity contribution is 0.0995. The highest BCUT2D eigenvalue weighted by Gasteiger charge is 2.17. The Labute approximate surface area is 74.6 Å². The van der Waals surface area contributed by atoms with Gasteiger partial charge in [-0.3, -0.25) is 4.79 Å².